The molecule has 0 bridgehead atoms. The SMILES string of the molecule is CCNc1cc(-c2c(Br)nnn2C)nc(C(C)C)n1. The lowest BCUT2D eigenvalue weighted by molar-refractivity contribution is 0.715. The molecule has 0 unspecified atom stereocenters. The molecule has 0 fully saturated rings. The lowest BCUT2D eigenvalue weighted by Gasteiger charge is -2.11. The van der Waals surface area contributed by atoms with Gasteiger partial charge in [-0.15, -0.1) is 5.10 Å². The molecule has 102 valence electrons. The minimum Gasteiger partial charge on any atom is -0.370 e. The van der Waals surface area contributed by atoms with Gasteiger partial charge in [-0.25, -0.2) is 14.6 Å². The summed E-state index contributed by atoms with van der Waals surface area (Å²) in [7, 11) is 1.84. The summed E-state index contributed by atoms with van der Waals surface area (Å²) >= 11 is 3.40. The van der Waals surface area contributed by atoms with E-state index in [0.29, 0.717) is 4.60 Å². The number of nitrogens with one attached hydrogen (secondary N) is 1. The lowest BCUT2D eigenvalue weighted by atomic mass is 10.2. The van der Waals surface area contributed by atoms with E-state index in [2.05, 4.69) is 55.4 Å². The van der Waals surface area contributed by atoms with Crippen LogP contribution in [0.5, 0.6) is 0 Å². The largest absolute Gasteiger partial charge is 0.370 e. The zero-order chi connectivity index (χ0) is 14.0. The third-order valence-electron chi connectivity index (χ3n) is 2.65. The molecule has 2 aromatic heterocycles. The first kappa shape index (κ1) is 13.9. The smallest absolute Gasteiger partial charge is 0.157 e. The van der Waals surface area contributed by atoms with Gasteiger partial charge in [0.25, 0.3) is 0 Å². The van der Waals surface area contributed by atoms with E-state index in [0.717, 1.165) is 29.6 Å². The summed E-state index contributed by atoms with van der Waals surface area (Å²) in [5.41, 5.74) is 1.66. The third-order valence-corrected chi connectivity index (χ3v) is 3.18. The van der Waals surface area contributed by atoms with Crippen LogP contribution < -0.4 is 5.32 Å². The first-order valence-electron chi connectivity index (χ1n) is 6.21. The van der Waals surface area contributed by atoms with Gasteiger partial charge in [-0.2, -0.15) is 0 Å². The van der Waals surface area contributed by atoms with Crippen molar-refractivity contribution in [3.05, 3.63) is 16.5 Å². The molecule has 0 spiro atoms. The van der Waals surface area contributed by atoms with Gasteiger partial charge in [-0.3, -0.25) is 0 Å². The molecule has 7 heteroatoms. The Bertz CT molecular complexity index is 558. The quantitative estimate of drug-likeness (QED) is 0.936. The van der Waals surface area contributed by atoms with Gasteiger partial charge in [0.05, 0.1) is 5.69 Å². The number of hydrogen-bond acceptors (Lipinski definition) is 5. The van der Waals surface area contributed by atoms with Crippen LogP contribution >= 0.6 is 15.9 Å². The molecule has 0 aromatic carbocycles. The first-order chi connectivity index (χ1) is 9.02. The van der Waals surface area contributed by atoms with Gasteiger partial charge in [0.2, 0.25) is 0 Å². The molecule has 0 aliphatic carbocycles. The topological polar surface area (TPSA) is 68.5 Å². The number of aryl methyl sites for hydroxylation is 1. The van der Waals surface area contributed by atoms with Gasteiger partial charge in [0, 0.05) is 25.6 Å². The van der Waals surface area contributed by atoms with E-state index >= 15 is 0 Å². The van der Waals surface area contributed by atoms with E-state index in [1.54, 1.807) is 4.68 Å². The van der Waals surface area contributed by atoms with Gasteiger partial charge in [0.15, 0.2) is 4.60 Å². The summed E-state index contributed by atoms with van der Waals surface area (Å²) in [4.78, 5) is 9.10. The van der Waals surface area contributed by atoms with Crippen LogP contribution in [0.1, 0.15) is 32.5 Å². The highest BCUT2D eigenvalue weighted by Crippen LogP contribution is 2.26. The molecule has 1 N–H and O–H groups in total. The molecule has 19 heavy (non-hydrogen) atoms. The van der Waals surface area contributed by atoms with Crippen molar-refractivity contribution >= 4 is 21.7 Å². The van der Waals surface area contributed by atoms with Crippen molar-refractivity contribution in [2.45, 2.75) is 26.7 Å². The zero-order valence-electron chi connectivity index (χ0n) is 11.5. The van der Waals surface area contributed by atoms with Crippen molar-refractivity contribution < 1.29 is 0 Å². The monoisotopic (exact) mass is 324 g/mol. The fourth-order valence-corrected chi connectivity index (χ4v) is 2.25. The van der Waals surface area contributed by atoms with E-state index in [4.69, 9.17) is 0 Å². The van der Waals surface area contributed by atoms with E-state index < -0.39 is 0 Å². The first-order valence-corrected chi connectivity index (χ1v) is 7.00. The number of aromatic nitrogens is 5. The summed E-state index contributed by atoms with van der Waals surface area (Å²) in [6.45, 7) is 7.01. The zero-order valence-corrected chi connectivity index (χ0v) is 13.1. The lowest BCUT2D eigenvalue weighted by Crippen LogP contribution is -2.07. The third kappa shape index (κ3) is 2.91. The van der Waals surface area contributed by atoms with Gasteiger partial charge in [-0.1, -0.05) is 19.1 Å². The maximum atomic E-state index is 4.60. The molecular weight excluding hydrogens is 308 g/mol. The molecule has 0 saturated heterocycles. The maximum Gasteiger partial charge on any atom is 0.157 e. The summed E-state index contributed by atoms with van der Waals surface area (Å²) < 4.78 is 2.39. The highest BCUT2D eigenvalue weighted by atomic mass is 79.9. The van der Waals surface area contributed by atoms with Crippen LogP contribution in [-0.2, 0) is 7.05 Å². The highest BCUT2D eigenvalue weighted by molar-refractivity contribution is 9.10. The highest BCUT2D eigenvalue weighted by Gasteiger charge is 2.15. The number of hydrogen-bond donors (Lipinski definition) is 1. The second kappa shape index (κ2) is 5.64. The van der Waals surface area contributed by atoms with E-state index in [-0.39, 0.29) is 5.92 Å². The average molecular weight is 325 g/mol. The maximum absolute atomic E-state index is 4.60. The van der Waals surface area contributed by atoms with Crippen LogP contribution in [0.15, 0.2) is 10.7 Å². The molecular formula is C12H17BrN6. The van der Waals surface area contributed by atoms with Crippen molar-refractivity contribution in [1.29, 1.82) is 0 Å². The standard InChI is InChI=1S/C12H17BrN6/c1-5-14-9-6-8(15-12(16-9)7(2)3)10-11(13)17-18-19(10)4/h6-7H,5H2,1-4H3,(H,14,15,16). The van der Waals surface area contributed by atoms with E-state index in [1.165, 1.54) is 0 Å². The Morgan fingerprint density at radius 1 is 1.37 bits per heavy atom. The van der Waals surface area contributed by atoms with Gasteiger partial charge < -0.3 is 5.32 Å². The Hall–Kier alpha value is -1.50. The van der Waals surface area contributed by atoms with Crippen LogP contribution in [0.2, 0.25) is 0 Å². The van der Waals surface area contributed by atoms with Crippen LogP contribution in [0.25, 0.3) is 11.4 Å². The predicted octanol–water partition coefficient (Wildman–Crippen LogP) is 2.59. The van der Waals surface area contributed by atoms with Crippen molar-refractivity contribution in [3.63, 3.8) is 0 Å². The van der Waals surface area contributed by atoms with Crippen molar-refractivity contribution in [3.8, 4) is 11.4 Å². The molecule has 0 amide bonds. The summed E-state index contributed by atoms with van der Waals surface area (Å²) in [6, 6.07) is 1.92. The Labute approximate surface area is 120 Å². The molecule has 2 heterocycles. The fourth-order valence-electron chi connectivity index (χ4n) is 1.72. The summed E-state index contributed by atoms with van der Waals surface area (Å²) in [5, 5.41) is 11.2. The Kier molecular flexibility index (Phi) is 4.14. The van der Waals surface area contributed by atoms with E-state index in [1.807, 2.05) is 20.0 Å². The van der Waals surface area contributed by atoms with Gasteiger partial charge >= 0.3 is 0 Å². The van der Waals surface area contributed by atoms with Crippen LogP contribution in [-0.4, -0.2) is 31.5 Å². The predicted molar refractivity (Wildman–Crippen MR) is 78.0 cm³/mol. The summed E-state index contributed by atoms with van der Waals surface area (Å²) in [5.74, 6) is 1.89. The minimum atomic E-state index is 0.261. The Morgan fingerprint density at radius 3 is 2.63 bits per heavy atom. The van der Waals surface area contributed by atoms with E-state index in [9.17, 15) is 0 Å². The Morgan fingerprint density at radius 2 is 2.11 bits per heavy atom. The molecule has 0 aliphatic heterocycles. The van der Waals surface area contributed by atoms with Crippen LogP contribution in [0, 0.1) is 0 Å². The van der Waals surface area contributed by atoms with Gasteiger partial charge in [0.1, 0.15) is 17.3 Å². The summed E-state index contributed by atoms with van der Waals surface area (Å²) in [6.07, 6.45) is 0. The molecule has 0 atom stereocenters. The van der Waals surface area contributed by atoms with Crippen molar-refractivity contribution in [2.75, 3.05) is 11.9 Å². The normalized spacial score (nSPS) is 11.1. The van der Waals surface area contributed by atoms with Crippen LogP contribution in [0.4, 0.5) is 5.82 Å². The second-order valence-electron chi connectivity index (χ2n) is 4.53. The van der Waals surface area contributed by atoms with Crippen LogP contribution in [0.3, 0.4) is 0 Å². The number of nitrogens with zero attached hydrogens (tertiary/aromatic N) is 5. The Balaban J connectivity index is 2.56. The van der Waals surface area contributed by atoms with Crippen molar-refractivity contribution in [2.24, 2.45) is 7.05 Å². The fraction of sp³-hybridized carbons (Fsp3) is 0.500. The molecule has 6 nitrogen and oxygen atoms in total. The molecule has 0 saturated carbocycles. The number of anilines is 1. The number of rotatable bonds is 4. The molecule has 2 aromatic rings. The molecule has 0 aliphatic rings. The average Bonchev–Trinajstić information content (AvgIpc) is 2.69. The minimum absolute atomic E-state index is 0.261. The molecule has 2 rings (SSSR count). The second-order valence-corrected chi connectivity index (χ2v) is 5.29. The number of halogens is 1. The van der Waals surface area contributed by atoms with Gasteiger partial charge in [-0.05, 0) is 22.9 Å². The van der Waals surface area contributed by atoms with Crippen molar-refractivity contribution in [1.82, 2.24) is 25.0 Å². The molecule has 0 radical (unpaired) electrons.